The van der Waals surface area contributed by atoms with Gasteiger partial charge < -0.3 is 10.5 Å². The molecule has 3 rings (SSSR count). The summed E-state index contributed by atoms with van der Waals surface area (Å²) >= 11 is 6.16. The van der Waals surface area contributed by atoms with Gasteiger partial charge in [0.05, 0.1) is 6.61 Å². The van der Waals surface area contributed by atoms with Gasteiger partial charge in [0.25, 0.3) is 0 Å². The van der Waals surface area contributed by atoms with Gasteiger partial charge in [-0.1, -0.05) is 17.7 Å². The molecule has 1 aliphatic heterocycles. The second-order valence-electron chi connectivity index (χ2n) is 5.46. The predicted octanol–water partition coefficient (Wildman–Crippen LogP) is 3.96. The van der Waals surface area contributed by atoms with E-state index >= 15 is 0 Å². The minimum absolute atomic E-state index is 0.211. The lowest BCUT2D eigenvalue weighted by molar-refractivity contribution is 0.352. The Balaban J connectivity index is 1.90. The van der Waals surface area contributed by atoms with E-state index in [4.69, 9.17) is 22.1 Å². The first-order valence-corrected chi connectivity index (χ1v) is 7.38. The summed E-state index contributed by atoms with van der Waals surface area (Å²) in [6, 6.07) is 8.35. The number of rotatable bonds is 3. The van der Waals surface area contributed by atoms with Crippen LogP contribution in [0.25, 0.3) is 0 Å². The van der Waals surface area contributed by atoms with Crippen LogP contribution in [0.1, 0.15) is 28.3 Å². The molecule has 0 aliphatic carbocycles. The fourth-order valence-corrected chi connectivity index (χ4v) is 3.16. The van der Waals surface area contributed by atoms with Gasteiger partial charge in [0.15, 0.2) is 0 Å². The molecule has 110 valence electrons. The quantitative estimate of drug-likeness (QED) is 0.931. The first-order chi connectivity index (χ1) is 10.0. The van der Waals surface area contributed by atoms with Crippen LogP contribution in [0.2, 0.25) is 5.02 Å². The molecular formula is C17H17ClFNO. The van der Waals surface area contributed by atoms with Gasteiger partial charge >= 0.3 is 0 Å². The van der Waals surface area contributed by atoms with E-state index in [2.05, 4.69) is 0 Å². The first kappa shape index (κ1) is 14.4. The molecule has 21 heavy (non-hydrogen) atoms. The van der Waals surface area contributed by atoms with Crippen LogP contribution < -0.4 is 10.5 Å². The van der Waals surface area contributed by atoms with Crippen LogP contribution in [-0.2, 0) is 12.8 Å². The maximum Gasteiger partial charge on any atom is 0.125 e. The molecule has 0 bridgehead atoms. The molecule has 1 heterocycles. The van der Waals surface area contributed by atoms with E-state index < -0.39 is 0 Å². The Hall–Kier alpha value is -1.58. The number of nitrogens with two attached hydrogens (primary N) is 1. The van der Waals surface area contributed by atoms with E-state index in [0.717, 1.165) is 34.4 Å². The molecule has 0 amide bonds. The first-order valence-electron chi connectivity index (χ1n) is 7.00. The van der Waals surface area contributed by atoms with E-state index in [-0.39, 0.29) is 11.9 Å². The average molecular weight is 306 g/mol. The van der Waals surface area contributed by atoms with E-state index in [1.165, 1.54) is 12.1 Å². The van der Waals surface area contributed by atoms with Crippen LogP contribution in [0.3, 0.4) is 0 Å². The van der Waals surface area contributed by atoms with E-state index in [1.807, 2.05) is 19.1 Å². The second kappa shape index (κ2) is 5.66. The molecule has 2 aromatic carbocycles. The predicted molar refractivity (Wildman–Crippen MR) is 82.4 cm³/mol. The van der Waals surface area contributed by atoms with Crippen molar-refractivity contribution >= 4 is 11.6 Å². The Labute approximate surface area is 128 Å². The summed E-state index contributed by atoms with van der Waals surface area (Å²) in [5, 5.41) is 0.706. The summed E-state index contributed by atoms with van der Waals surface area (Å²) in [7, 11) is 0. The Kier molecular flexibility index (Phi) is 3.87. The number of hydrogen-bond donors (Lipinski definition) is 1. The summed E-state index contributed by atoms with van der Waals surface area (Å²) in [4.78, 5) is 0. The number of fused-ring (bicyclic) bond motifs is 1. The van der Waals surface area contributed by atoms with E-state index in [9.17, 15) is 4.39 Å². The molecule has 4 heteroatoms. The summed E-state index contributed by atoms with van der Waals surface area (Å²) in [5.74, 6) is 0.671. The summed E-state index contributed by atoms with van der Waals surface area (Å²) in [5.41, 5.74) is 10.3. The lowest BCUT2D eigenvalue weighted by atomic mass is 9.94. The Bertz CT molecular complexity index is 687. The molecule has 0 radical (unpaired) electrons. The molecule has 2 nitrogen and oxygen atoms in total. The van der Waals surface area contributed by atoms with Gasteiger partial charge in [0.1, 0.15) is 11.6 Å². The Morgan fingerprint density at radius 3 is 2.90 bits per heavy atom. The lowest BCUT2D eigenvalue weighted by Gasteiger charge is -2.17. The van der Waals surface area contributed by atoms with E-state index in [1.54, 1.807) is 6.07 Å². The molecule has 2 N–H and O–H groups in total. The summed E-state index contributed by atoms with van der Waals surface area (Å²) < 4.78 is 18.9. The maximum atomic E-state index is 13.2. The van der Waals surface area contributed by atoms with Crippen LogP contribution in [0.5, 0.6) is 5.75 Å². The minimum atomic E-state index is -0.240. The molecular weight excluding hydrogens is 289 g/mol. The minimum Gasteiger partial charge on any atom is -0.493 e. The number of aryl methyl sites for hydroxylation is 1. The summed E-state index contributed by atoms with van der Waals surface area (Å²) in [6.45, 7) is 2.56. The van der Waals surface area contributed by atoms with Gasteiger partial charge in [-0.25, -0.2) is 4.39 Å². The summed E-state index contributed by atoms with van der Waals surface area (Å²) in [6.07, 6.45) is 1.50. The normalized spacial score (nSPS) is 14.7. The molecule has 1 aliphatic rings. The monoisotopic (exact) mass is 305 g/mol. The van der Waals surface area contributed by atoms with Crippen LogP contribution in [0.4, 0.5) is 4.39 Å². The van der Waals surface area contributed by atoms with Gasteiger partial charge in [0.2, 0.25) is 0 Å². The van der Waals surface area contributed by atoms with Gasteiger partial charge in [-0.3, -0.25) is 0 Å². The van der Waals surface area contributed by atoms with Crippen molar-refractivity contribution in [3.8, 4) is 5.75 Å². The SMILES string of the molecule is Cc1cc(F)ccc1C(N)Cc1cc(Cl)cc2c1OCC2. The highest BCUT2D eigenvalue weighted by Gasteiger charge is 2.20. The van der Waals surface area contributed by atoms with Crippen LogP contribution in [-0.4, -0.2) is 6.61 Å². The number of halogens is 2. The fraction of sp³-hybridized carbons (Fsp3) is 0.294. The van der Waals surface area contributed by atoms with Crippen molar-refractivity contribution in [3.63, 3.8) is 0 Å². The standard InChI is InChI=1S/C17H17ClFNO/c1-10-6-14(19)2-3-15(10)16(20)9-12-8-13(18)7-11-4-5-21-17(11)12/h2-3,6-8,16H,4-5,9,20H2,1H3. The van der Waals surface area contributed by atoms with Crippen LogP contribution in [0, 0.1) is 12.7 Å². The van der Waals surface area contributed by atoms with Crippen molar-refractivity contribution in [1.29, 1.82) is 0 Å². The zero-order valence-electron chi connectivity index (χ0n) is 11.8. The Morgan fingerprint density at radius 2 is 2.14 bits per heavy atom. The van der Waals surface area contributed by atoms with Gasteiger partial charge in [0, 0.05) is 17.5 Å². The highest BCUT2D eigenvalue weighted by molar-refractivity contribution is 6.30. The molecule has 1 atom stereocenters. The smallest absolute Gasteiger partial charge is 0.125 e. The number of hydrogen-bond acceptors (Lipinski definition) is 2. The molecule has 0 fully saturated rings. The third kappa shape index (κ3) is 2.89. The molecule has 0 saturated heterocycles. The van der Waals surface area contributed by atoms with Crippen molar-refractivity contribution < 1.29 is 9.13 Å². The molecule has 1 unspecified atom stereocenters. The Morgan fingerprint density at radius 1 is 1.33 bits per heavy atom. The van der Waals surface area contributed by atoms with Gasteiger partial charge in [-0.2, -0.15) is 0 Å². The average Bonchev–Trinajstić information content (AvgIpc) is 2.86. The third-order valence-corrected chi connectivity index (χ3v) is 4.11. The third-order valence-electron chi connectivity index (χ3n) is 3.90. The zero-order valence-corrected chi connectivity index (χ0v) is 12.6. The topological polar surface area (TPSA) is 35.2 Å². The van der Waals surface area contributed by atoms with Crippen molar-refractivity contribution in [2.24, 2.45) is 5.73 Å². The maximum absolute atomic E-state index is 13.2. The molecule has 0 spiro atoms. The van der Waals surface area contributed by atoms with Crippen molar-refractivity contribution in [2.45, 2.75) is 25.8 Å². The largest absolute Gasteiger partial charge is 0.493 e. The van der Waals surface area contributed by atoms with E-state index in [0.29, 0.717) is 18.1 Å². The number of benzene rings is 2. The van der Waals surface area contributed by atoms with Gasteiger partial charge in [-0.15, -0.1) is 0 Å². The zero-order chi connectivity index (χ0) is 15.0. The molecule has 0 saturated carbocycles. The highest BCUT2D eigenvalue weighted by Crippen LogP contribution is 2.35. The van der Waals surface area contributed by atoms with Crippen molar-refractivity contribution in [2.75, 3.05) is 6.61 Å². The fourth-order valence-electron chi connectivity index (χ4n) is 2.90. The van der Waals surface area contributed by atoms with Crippen molar-refractivity contribution in [1.82, 2.24) is 0 Å². The number of ether oxygens (including phenoxy) is 1. The second-order valence-corrected chi connectivity index (χ2v) is 5.90. The van der Waals surface area contributed by atoms with Crippen LogP contribution >= 0.6 is 11.6 Å². The van der Waals surface area contributed by atoms with Crippen LogP contribution in [0.15, 0.2) is 30.3 Å². The molecule has 0 aromatic heterocycles. The highest BCUT2D eigenvalue weighted by atomic mass is 35.5. The van der Waals surface area contributed by atoms with Crippen molar-refractivity contribution in [3.05, 3.63) is 63.4 Å². The van der Waals surface area contributed by atoms with Gasteiger partial charge in [-0.05, 0) is 59.9 Å². The molecule has 2 aromatic rings. The lowest BCUT2D eigenvalue weighted by Crippen LogP contribution is -2.15.